The largest absolute Gasteiger partial charge is 0.491 e. The van der Waals surface area contributed by atoms with Gasteiger partial charge in [-0.15, -0.1) is 0 Å². The van der Waals surface area contributed by atoms with Gasteiger partial charge in [0.15, 0.2) is 0 Å². The molecule has 5 nitrogen and oxygen atoms in total. The molecular formula is C18H27NO4. The molecule has 0 aromatic heterocycles. The summed E-state index contributed by atoms with van der Waals surface area (Å²) >= 11 is 0. The molecule has 0 amide bonds. The van der Waals surface area contributed by atoms with Gasteiger partial charge in [-0.3, -0.25) is 4.79 Å². The van der Waals surface area contributed by atoms with Gasteiger partial charge >= 0.3 is 5.97 Å². The van der Waals surface area contributed by atoms with E-state index in [0.29, 0.717) is 25.5 Å². The van der Waals surface area contributed by atoms with E-state index in [0.717, 1.165) is 30.8 Å². The van der Waals surface area contributed by atoms with Gasteiger partial charge in [0.1, 0.15) is 18.4 Å². The van der Waals surface area contributed by atoms with Crippen molar-refractivity contribution in [1.82, 2.24) is 5.32 Å². The average molecular weight is 321 g/mol. The van der Waals surface area contributed by atoms with Crippen LogP contribution in [-0.4, -0.2) is 36.4 Å². The van der Waals surface area contributed by atoms with Crippen molar-refractivity contribution < 1.29 is 19.4 Å². The maximum atomic E-state index is 11.2. The standard InChI is InChI=1S/C18H27NO4/c1-13(2)10-17(18(20)21)19-11-14-5-7-15(8-6-14)23-12-16-4-3-9-22-16/h5-8,13,16-17,19H,3-4,9-12H2,1-2H3,(H,20,21)/t16?,17-/m1/s1. The summed E-state index contributed by atoms with van der Waals surface area (Å²) in [6.07, 6.45) is 3.01. The van der Waals surface area contributed by atoms with Crippen molar-refractivity contribution in [3.05, 3.63) is 29.8 Å². The SMILES string of the molecule is CC(C)C[C@@H](NCc1ccc(OCC2CCCO2)cc1)C(=O)O. The van der Waals surface area contributed by atoms with E-state index in [1.807, 2.05) is 38.1 Å². The van der Waals surface area contributed by atoms with Crippen molar-refractivity contribution in [1.29, 1.82) is 0 Å². The average Bonchev–Trinajstić information content (AvgIpc) is 3.03. The molecule has 2 N–H and O–H groups in total. The van der Waals surface area contributed by atoms with Crippen molar-refractivity contribution in [3.63, 3.8) is 0 Å². The smallest absolute Gasteiger partial charge is 0.320 e. The number of carboxylic acids is 1. The van der Waals surface area contributed by atoms with Gasteiger partial charge in [0.2, 0.25) is 0 Å². The lowest BCUT2D eigenvalue weighted by Crippen LogP contribution is -2.37. The third-order valence-electron chi connectivity index (χ3n) is 3.94. The number of benzene rings is 1. The Morgan fingerprint density at radius 1 is 1.39 bits per heavy atom. The molecule has 2 atom stereocenters. The lowest BCUT2D eigenvalue weighted by molar-refractivity contribution is -0.140. The second-order valence-corrected chi connectivity index (χ2v) is 6.49. The topological polar surface area (TPSA) is 67.8 Å². The first kappa shape index (κ1) is 17.8. The predicted octanol–water partition coefficient (Wildman–Crippen LogP) is 2.83. The first-order chi connectivity index (χ1) is 11.0. The van der Waals surface area contributed by atoms with Crippen LogP contribution >= 0.6 is 0 Å². The van der Waals surface area contributed by atoms with Crippen LogP contribution in [-0.2, 0) is 16.1 Å². The number of nitrogens with one attached hydrogen (secondary N) is 1. The molecule has 0 aliphatic carbocycles. The van der Waals surface area contributed by atoms with E-state index >= 15 is 0 Å². The molecule has 0 spiro atoms. The van der Waals surface area contributed by atoms with E-state index < -0.39 is 12.0 Å². The molecule has 5 heteroatoms. The summed E-state index contributed by atoms with van der Waals surface area (Å²) < 4.78 is 11.2. The van der Waals surface area contributed by atoms with E-state index in [1.165, 1.54) is 0 Å². The first-order valence-electron chi connectivity index (χ1n) is 8.34. The Morgan fingerprint density at radius 2 is 2.13 bits per heavy atom. The monoisotopic (exact) mass is 321 g/mol. The fourth-order valence-corrected chi connectivity index (χ4v) is 2.65. The van der Waals surface area contributed by atoms with Gasteiger partial charge in [0.25, 0.3) is 0 Å². The number of carboxylic acid groups (broad SMARTS) is 1. The fourth-order valence-electron chi connectivity index (χ4n) is 2.65. The molecule has 1 saturated heterocycles. The molecule has 0 radical (unpaired) electrons. The van der Waals surface area contributed by atoms with Crippen molar-refractivity contribution in [3.8, 4) is 5.75 Å². The molecule has 1 aliphatic rings. The van der Waals surface area contributed by atoms with Crippen molar-refractivity contribution in [2.75, 3.05) is 13.2 Å². The third-order valence-corrected chi connectivity index (χ3v) is 3.94. The lowest BCUT2D eigenvalue weighted by atomic mass is 10.0. The van der Waals surface area contributed by atoms with E-state index in [2.05, 4.69) is 5.32 Å². The first-order valence-corrected chi connectivity index (χ1v) is 8.34. The molecule has 0 bridgehead atoms. The zero-order valence-corrected chi connectivity index (χ0v) is 14.0. The van der Waals surface area contributed by atoms with Gasteiger partial charge in [-0.2, -0.15) is 0 Å². The van der Waals surface area contributed by atoms with Crippen molar-refractivity contribution in [2.45, 2.75) is 51.8 Å². The molecule has 1 aliphatic heterocycles. The Balaban J connectivity index is 1.78. The van der Waals surface area contributed by atoms with Crippen molar-refractivity contribution >= 4 is 5.97 Å². The number of hydrogen-bond acceptors (Lipinski definition) is 4. The van der Waals surface area contributed by atoms with Crippen LogP contribution in [0.4, 0.5) is 0 Å². The number of aliphatic carboxylic acids is 1. The maximum absolute atomic E-state index is 11.2. The highest BCUT2D eigenvalue weighted by Gasteiger charge is 2.18. The maximum Gasteiger partial charge on any atom is 0.320 e. The van der Waals surface area contributed by atoms with Crippen LogP contribution in [0, 0.1) is 5.92 Å². The van der Waals surface area contributed by atoms with E-state index in [-0.39, 0.29) is 6.10 Å². The molecule has 1 heterocycles. The van der Waals surface area contributed by atoms with Gasteiger partial charge in [-0.1, -0.05) is 26.0 Å². The van der Waals surface area contributed by atoms with Crippen LogP contribution in [0.2, 0.25) is 0 Å². The van der Waals surface area contributed by atoms with Crippen LogP contribution < -0.4 is 10.1 Å². The molecule has 1 fully saturated rings. The second-order valence-electron chi connectivity index (χ2n) is 6.49. The lowest BCUT2D eigenvalue weighted by Gasteiger charge is -2.16. The highest BCUT2D eigenvalue weighted by molar-refractivity contribution is 5.73. The number of hydrogen-bond donors (Lipinski definition) is 2. The zero-order valence-electron chi connectivity index (χ0n) is 14.0. The van der Waals surface area contributed by atoms with Crippen LogP contribution in [0.25, 0.3) is 0 Å². The summed E-state index contributed by atoms with van der Waals surface area (Å²) in [7, 11) is 0. The minimum absolute atomic E-state index is 0.212. The predicted molar refractivity (Wildman–Crippen MR) is 88.6 cm³/mol. The highest BCUT2D eigenvalue weighted by atomic mass is 16.5. The summed E-state index contributed by atoms with van der Waals surface area (Å²) in [4.78, 5) is 11.2. The van der Waals surface area contributed by atoms with E-state index in [4.69, 9.17) is 9.47 Å². The molecule has 23 heavy (non-hydrogen) atoms. The van der Waals surface area contributed by atoms with Gasteiger partial charge in [0, 0.05) is 13.2 Å². The van der Waals surface area contributed by atoms with Gasteiger partial charge < -0.3 is 19.9 Å². The van der Waals surface area contributed by atoms with Crippen LogP contribution in [0.1, 0.15) is 38.7 Å². The van der Waals surface area contributed by atoms with Crippen LogP contribution in [0.15, 0.2) is 24.3 Å². The van der Waals surface area contributed by atoms with Crippen LogP contribution in [0.5, 0.6) is 5.75 Å². The molecule has 128 valence electrons. The molecule has 1 aromatic carbocycles. The summed E-state index contributed by atoms with van der Waals surface area (Å²) in [5.41, 5.74) is 1.05. The van der Waals surface area contributed by atoms with Crippen molar-refractivity contribution in [2.24, 2.45) is 5.92 Å². The summed E-state index contributed by atoms with van der Waals surface area (Å²) in [5, 5.41) is 12.3. The quantitative estimate of drug-likeness (QED) is 0.732. The van der Waals surface area contributed by atoms with Crippen LogP contribution in [0.3, 0.4) is 0 Å². The summed E-state index contributed by atoms with van der Waals surface area (Å²) in [6.45, 7) is 6.01. The second kappa shape index (κ2) is 8.89. The minimum atomic E-state index is -0.796. The Morgan fingerprint density at radius 3 is 2.70 bits per heavy atom. The Labute approximate surface area is 138 Å². The van der Waals surface area contributed by atoms with Gasteiger partial charge in [0.05, 0.1) is 6.10 Å². The zero-order chi connectivity index (χ0) is 16.7. The molecule has 1 aromatic rings. The third kappa shape index (κ3) is 6.20. The number of rotatable bonds is 9. The highest BCUT2D eigenvalue weighted by Crippen LogP contribution is 2.17. The van der Waals surface area contributed by atoms with E-state index in [9.17, 15) is 9.90 Å². The molecule has 1 unspecified atom stereocenters. The Hall–Kier alpha value is -1.59. The normalized spacial score (nSPS) is 19.0. The summed E-state index contributed by atoms with van der Waals surface area (Å²) in [6, 6.07) is 7.26. The van der Waals surface area contributed by atoms with Gasteiger partial charge in [-0.25, -0.2) is 0 Å². The Bertz CT molecular complexity index is 480. The molecular weight excluding hydrogens is 294 g/mol. The van der Waals surface area contributed by atoms with E-state index in [1.54, 1.807) is 0 Å². The summed E-state index contributed by atoms with van der Waals surface area (Å²) in [5.74, 6) is 0.369. The number of ether oxygens (including phenoxy) is 2. The minimum Gasteiger partial charge on any atom is -0.491 e. The molecule has 2 rings (SSSR count). The van der Waals surface area contributed by atoms with Gasteiger partial charge in [-0.05, 0) is 42.9 Å². The number of carbonyl (C=O) groups is 1. The molecule has 0 saturated carbocycles. The Kier molecular flexibility index (Phi) is 6.86. The fraction of sp³-hybridized carbons (Fsp3) is 0.611.